The molecule has 1 aromatic heterocycles. The van der Waals surface area contributed by atoms with E-state index in [1.54, 1.807) is 0 Å². The predicted molar refractivity (Wildman–Crippen MR) is 114 cm³/mol. The second-order valence-electron chi connectivity index (χ2n) is 7.13. The molecule has 0 fully saturated rings. The molecule has 4 aromatic rings. The van der Waals surface area contributed by atoms with Crippen LogP contribution < -0.4 is 23.5 Å². The Morgan fingerprint density at radius 2 is 0.969 bits per heavy atom. The summed E-state index contributed by atoms with van der Waals surface area (Å²) in [5.74, 6) is 1.73. The van der Waals surface area contributed by atoms with E-state index in [-0.39, 0.29) is 0 Å². The molecule has 0 radical (unpaired) electrons. The summed E-state index contributed by atoms with van der Waals surface area (Å²) in [7, 11) is -0.838. The van der Waals surface area contributed by atoms with Crippen molar-refractivity contribution in [2.24, 2.45) is 0 Å². The van der Waals surface area contributed by atoms with E-state index in [4.69, 9.17) is 23.1 Å². The van der Waals surface area contributed by atoms with Gasteiger partial charge in [0.25, 0.3) is 0 Å². The number of hydrogen-bond donors (Lipinski definition) is 0. The Bertz CT molecular complexity index is 1060. The summed E-state index contributed by atoms with van der Waals surface area (Å²) in [5.41, 5.74) is 5.64. The lowest BCUT2D eigenvalue weighted by Crippen LogP contribution is -2.68. The van der Waals surface area contributed by atoms with Gasteiger partial charge in [-0.1, -0.05) is 48.5 Å². The number of rotatable bonds is 4. The SMILES string of the molecule is CN(C)c1ccc(-c2cc(-c3ccccc3)[o+]c(-c3ccccc3)c2)cc1.[O-][Cl+3]([O-])([O-])[O-]. The Balaban J connectivity index is 0.000000523. The van der Waals surface area contributed by atoms with Gasteiger partial charge in [0.15, 0.2) is 0 Å². The van der Waals surface area contributed by atoms with Crippen LogP contribution in [0, 0.1) is 10.2 Å². The quantitative estimate of drug-likeness (QED) is 0.438. The van der Waals surface area contributed by atoms with Crippen molar-refractivity contribution in [1.29, 1.82) is 0 Å². The maximum absolute atomic E-state index is 8.49. The molecule has 0 bridgehead atoms. The second-order valence-corrected chi connectivity index (χ2v) is 7.88. The summed E-state index contributed by atoms with van der Waals surface area (Å²) in [6.45, 7) is 0. The fraction of sp³-hybridized carbons (Fsp3) is 0.0800. The van der Waals surface area contributed by atoms with Gasteiger partial charge in [-0.25, -0.2) is 23.1 Å². The van der Waals surface area contributed by atoms with Crippen LogP contribution in [0.3, 0.4) is 0 Å². The highest BCUT2D eigenvalue weighted by molar-refractivity contribution is 5.75. The summed E-state index contributed by atoms with van der Waals surface area (Å²) in [5, 5.41) is 0. The largest absolute Gasteiger partial charge is 0.378 e. The van der Waals surface area contributed by atoms with E-state index in [0.29, 0.717) is 0 Å². The van der Waals surface area contributed by atoms with Crippen molar-refractivity contribution in [3.63, 3.8) is 0 Å². The van der Waals surface area contributed by atoms with Gasteiger partial charge in [-0.05, 0) is 42.0 Å². The average molecular weight is 452 g/mol. The molecule has 0 spiro atoms. The van der Waals surface area contributed by atoms with E-state index in [9.17, 15) is 0 Å². The van der Waals surface area contributed by atoms with Crippen molar-refractivity contribution in [3.05, 3.63) is 97.1 Å². The maximum atomic E-state index is 8.49. The van der Waals surface area contributed by atoms with Crippen LogP contribution in [0.15, 0.2) is 101 Å². The van der Waals surface area contributed by atoms with Crippen LogP contribution in [-0.4, -0.2) is 14.1 Å². The Labute approximate surface area is 189 Å². The van der Waals surface area contributed by atoms with Crippen molar-refractivity contribution >= 4 is 5.69 Å². The molecule has 0 amide bonds. The third-order valence-corrected chi connectivity index (χ3v) is 4.63. The lowest BCUT2D eigenvalue weighted by molar-refractivity contribution is -2.00. The summed E-state index contributed by atoms with van der Waals surface area (Å²) in [6.07, 6.45) is 0. The second kappa shape index (κ2) is 10.4. The molecule has 0 saturated carbocycles. The standard InChI is InChI=1S/C25H22NO.ClHO4/c1-26(2)23-15-13-19(14-16-23)22-17-24(20-9-5-3-6-10-20)27-25(18-22)21-11-7-4-8-12-21;2-1(3,4)5/h3-18H,1-2H3;(H,2,3,4,5)/q+1;/p-1. The van der Waals surface area contributed by atoms with Crippen molar-refractivity contribution < 1.29 is 33.3 Å². The molecule has 164 valence electrons. The van der Waals surface area contributed by atoms with Crippen molar-refractivity contribution in [2.75, 3.05) is 19.0 Å². The number of nitrogens with zero attached hydrogens (tertiary/aromatic N) is 1. The molecule has 0 N–H and O–H groups in total. The number of benzene rings is 3. The van der Waals surface area contributed by atoms with Gasteiger partial charge in [-0.15, -0.1) is 10.2 Å². The van der Waals surface area contributed by atoms with E-state index >= 15 is 0 Å². The fourth-order valence-corrected chi connectivity index (χ4v) is 3.11. The van der Waals surface area contributed by atoms with Crippen LogP contribution in [0.4, 0.5) is 5.69 Å². The van der Waals surface area contributed by atoms with Gasteiger partial charge in [-0.2, -0.15) is 0 Å². The molecule has 4 rings (SSSR count). The molecule has 3 aromatic carbocycles. The molecule has 0 atom stereocenters. The topological polar surface area (TPSA) is 107 Å². The predicted octanol–water partition coefficient (Wildman–Crippen LogP) is 1.87. The van der Waals surface area contributed by atoms with E-state index < -0.39 is 10.2 Å². The Morgan fingerprint density at radius 3 is 1.34 bits per heavy atom. The minimum Gasteiger partial charge on any atom is -0.378 e. The fourth-order valence-electron chi connectivity index (χ4n) is 3.11. The molecule has 6 nitrogen and oxygen atoms in total. The van der Waals surface area contributed by atoms with Gasteiger partial charge >= 0.3 is 11.5 Å². The Hall–Kier alpha value is -3.26. The van der Waals surface area contributed by atoms with Crippen LogP contribution in [0.2, 0.25) is 0 Å². The number of anilines is 1. The van der Waals surface area contributed by atoms with E-state index in [1.165, 1.54) is 11.3 Å². The number of halogens is 1. The van der Waals surface area contributed by atoms with Gasteiger partial charge in [0.1, 0.15) is 0 Å². The summed E-state index contributed by atoms with van der Waals surface area (Å²) in [6, 6.07) is 33.3. The average Bonchev–Trinajstić information content (AvgIpc) is 2.79. The monoisotopic (exact) mass is 451 g/mol. The zero-order chi connectivity index (χ0) is 23.1. The van der Waals surface area contributed by atoms with Gasteiger partial charge < -0.3 is 4.90 Å². The minimum atomic E-state index is -4.94. The zero-order valence-electron chi connectivity index (χ0n) is 17.6. The molecule has 0 aliphatic heterocycles. The van der Waals surface area contributed by atoms with Crippen LogP contribution in [0.25, 0.3) is 33.8 Å². The minimum absolute atomic E-state index is 0.864. The summed E-state index contributed by atoms with van der Waals surface area (Å²) < 4.78 is 40.2. The third kappa shape index (κ3) is 6.88. The lowest BCUT2D eigenvalue weighted by Gasteiger charge is -2.17. The highest BCUT2D eigenvalue weighted by Crippen LogP contribution is 2.33. The van der Waals surface area contributed by atoms with Crippen molar-refractivity contribution in [2.45, 2.75) is 0 Å². The molecular formula is C25H22ClNO5. The molecule has 0 aliphatic rings. The zero-order valence-corrected chi connectivity index (χ0v) is 18.4. The van der Waals surface area contributed by atoms with Gasteiger partial charge in [0.2, 0.25) is 0 Å². The van der Waals surface area contributed by atoms with Crippen LogP contribution >= 0.6 is 0 Å². The highest BCUT2D eigenvalue weighted by atomic mass is 35.7. The maximum Gasteiger partial charge on any atom is 0.361 e. The number of hydrogen-bond acceptors (Lipinski definition) is 5. The smallest absolute Gasteiger partial charge is 0.361 e. The van der Waals surface area contributed by atoms with E-state index in [2.05, 4.69) is 79.7 Å². The first-order valence-corrected chi connectivity index (χ1v) is 10.9. The third-order valence-electron chi connectivity index (χ3n) is 4.63. The molecule has 32 heavy (non-hydrogen) atoms. The van der Waals surface area contributed by atoms with Gasteiger partial charge in [-0.3, -0.25) is 0 Å². The molecule has 0 saturated heterocycles. The molecule has 7 heteroatoms. The van der Waals surface area contributed by atoms with Crippen molar-refractivity contribution in [1.82, 2.24) is 0 Å². The van der Waals surface area contributed by atoms with Crippen molar-refractivity contribution in [3.8, 4) is 33.8 Å². The Morgan fingerprint density at radius 1 is 0.562 bits per heavy atom. The summed E-state index contributed by atoms with van der Waals surface area (Å²) >= 11 is 0. The van der Waals surface area contributed by atoms with Crippen LogP contribution in [0.1, 0.15) is 0 Å². The highest BCUT2D eigenvalue weighted by Gasteiger charge is 2.20. The van der Waals surface area contributed by atoms with E-state index in [0.717, 1.165) is 28.2 Å². The van der Waals surface area contributed by atoms with E-state index in [1.807, 2.05) is 36.4 Å². The first kappa shape index (κ1) is 23.4. The molecule has 1 heterocycles. The Kier molecular flexibility index (Phi) is 7.58. The first-order valence-electron chi connectivity index (χ1n) is 9.69. The lowest BCUT2D eigenvalue weighted by atomic mass is 10.0. The normalized spacial score (nSPS) is 10.8. The molecule has 0 unspecified atom stereocenters. The van der Waals surface area contributed by atoms with Gasteiger partial charge in [0.05, 0.1) is 23.3 Å². The summed E-state index contributed by atoms with van der Waals surface area (Å²) in [4.78, 5) is 2.11. The van der Waals surface area contributed by atoms with Crippen LogP contribution in [-0.2, 0) is 0 Å². The van der Waals surface area contributed by atoms with Gasteiger partial charge in [0, 0.05) is 25.3 Å². The molecular weight excluding hydrogens is 430 g/mol. The molecule has 0 aliphatic carbocycles. The van der Waals surface area contributed by atoms with Crippen LogP contribution in [0.5, 0.6) is 0 Å². The first-order chi connectivity index (χ1) is 15.2.